The van der Waals surface area contributed by atoms with Crippen molar-refractivity contribution in [3.63, 3.8) is 0 Å². The molecule has 122 valence electrons. The molecule has 1 aromatic heterocycles. The molecule has 0 aliphatic carbocycles. The number of hydrogen-bond donors (Lipinski definition) is 1. The first kappa shape index (κ1) is 15.2. The molecule has 0 bridgehead atoms. The van der Waals surface area contributed by atoms with Gasteiger partial charge in [0.05, 0.1) is 10.8 Å². The van der Waals surface area contributed by atoms with Gasteiger partial charge >= 0.3 is 5.00 Å². The number of allylic oxidation sites excluding steroid dienone is 1. The molecule has 0 spiro atoms. The molecule has 0 saturated heterocycles. The lowest BCUT2D eigenvalue weighted by atomic mass is 9.83. The maximum Gasteiger partial charge on any atom is 0.324 e. The normalized spacial score (nSPS) is 16.2. The predicted molar refractivity (Wildman–Crippen MR) is 94.2 cm³/mol. The summed E-state index contributed by atoms with van der Waals surface area (Å²) in [6.45, 7) is 0. The number of thiophene rings is 1. The van der Waals surface area contributed by atoms with Crippen molar-refractivity contribution >= 4 is 27.1 Å². The van der Waals surface area contributed by atoms with Crippen LogP contribution in [0.3, 0.4) is 0 Å². The molecule has 1 aliphatic heterocycles. The van der Waals surface area contributed by atoms with Gasteiger partial charge in [-0.15, -0.1) is 0 Å². The van der Waals surface area contributed by atoms with Gasteiger partial charge in [-0.2, -0.15) is 5.26 Å². The highest BCUT2D eigenvalue weighted by Crippen LogP contribution is 2.46. The fraction of sp³-hybridized carbons (Fsp3) is 0.0556. The van der Waals surface area contributed by atoms with Crippen molar-refractivity contribution in [1.29, 1.82) is 5.26 Å². The largest absolute Gasteiger partial charge is 0.440 e. The van der Waals surface area contributed by atoms with Gasteiger partial charge in [0.15, 0.2) is 0 Å². The Hall–Kier alpha value is -3.37. The molecule has 6 nitrogen and oxygen atoms in total. The molecule has 0 radical (unpaired) electrons. The van der Waals surface area contributed by atoms with E-state index in [9.17, 15) is 15.4 Å². The summed E-state index contributed by atoms with van der Waals surface area (Å²) in [5.41, 5.74) is 7.69. The molecule has 0 amide bonds. The minimum atomic E-state index is -0.483. The van der Waals surface area contributed by atoms with E-state index in [0.29, 0.717) is 11.3 Å². The van der Waals surface area contributed by atoms with Crippen LogP contribution >= 0.6 is 11.3 Å². The fourth-order valence-electron chi connectivity index (χ4n) is 3.12. The Labute approximate surface area is 146 Å². The fourth-order valence-corrected chi connectivity index (χ4v) is 3.87. The molecule has 1 atom stereocenters. The second-order valence-electron chi connectivity index (χ2n) is 5.61. The van der Waals surface area contributed by atoms with Crippen molar-refractivity contribution in [2.24, 2.45) is 5.73 Å². The number of hydrogen-bond acceptors (Lipinski definition) is 6. The lowest BCUT2D eigenvalue weighted by molar-refractivity contribution is -0.380. The number of nitrogens with two attached hydrogens (primary N) is 1. The second kappa shape index (κ2) is 5.61. The van der Waals surface area contributed by atoms with Crippen molar-refractivity contribution in [1.82, 2.24) is 0 Å². The first-order valence-corrected chi connectivity index (χ1v) is 8.30. The van der Waals surface area contributed by atoms with E-state index in [1.54, 1.807) is 5.38 Å². The van der Waals surface area contributed by atoms with E-state index >= 15 is 0 Å². The average molecular weight is 349 g/mol. The number of rotatable bonds is 2. The number of nitro groups is 1. The van der Waals surface area contributed by atoms with Crippen molar-refractivity contribution < 1.29 is 9.66 Å². The van der Waals surface area contributed by atoms with Crippen LogP contribution in [-0.2, 0) is 0 Å². The second-order valence-corrected chi connectivity index (χ2v) is 6.49. The molecule has 3 aromatic rings. The molecule has 2 aromatic carbocycles. The maximum absolute atomic E-state index is 11.0. The van der Waals surface area contributed by atoms with Crippen LogP contribution in [0, 0.1) is 21.4 Å². The average Bonchev–Trinajstić information content (AvgIpc) is 3.10. The molecular formula is C18H11N3O3S. The molecule has 2 heterocycles. The number of ether oxygens (including phenoxy) is 1. The third-order valence-electron chi connectivity index (χ3n) is 4.23. The van der Waals surface area contributed by atoms with Crippen LogP contribution in [0.1, 0.15) is 17.0 Å². The standard InChI is InChI=1S/C18H11N3O3S/c19-8-14-16(11-7-15(21(22)23)25-9-11)13-6-5-10-3-1-2-4-12(10)17(13)24-18(14)20/h1-7,9,16H,20H2. The molecule has 25 heavy (non-hydrogen) atoms. The van der Waals surface area contributed by atoms with Gasteiger partial charge in [-0.1, -0.05) is 47.7 Å². The third kappa shape index (κ3) is 2.31. The Balaban J connectivity index is 1.98. The molecule has 0 saturated carbocycles. The van der Waals surface area contributed by atoms with Gasteiger partial charge in [0.25, 0.3) is 0 Å². The Morgan fingerprint density at radius 3 is 2.80 bits per heavy atom. The van der Waals surface area contributed by atoms with Crippen LogP contribution in [-0.4, -0.2) is 4.92 Å². The lowest BCUT2D eigenvalue weighted by Gasteiger charge is -2.26. The van der Waals surface area contributed by atoms with Crippen LogP contribution < -0.4 is 10.5 Å². The summed E-state index contributed by atoms with van der Waals surface area (Å²) in [6.07, 6.45) is 0. The number of fused-ring (bicyclic) bond motifs is 3. The SMILES string of the molecule is N#CC1=C(N)Oc2c(ccc3ccccc23)C1c1csc([N+](=O)[O-])c1. The van der Waals surface area contributed by atoms with Gasteiger partial charge in [-0.3, -0.25) is 10.1 Å². The smallest absolute Gasteiger partial charge is 0.324 e. The topological polar surface area (TPSA) is 102 Å². The van der Waals surface area contributed by atoms with Crippen molar-refractivity contribution in [3.8, 4) is 11.8 Å². The van der Waals surface area contributed by atoms with E-state index in [1.807, 2.05) is 36.4 Å². The zero-order valence-electron chi connectivity index (χ0n) is 12.8. The van der Waals surface area contributed by atoms with Crippen molar-refractivity contribution in [2.45, 2.75) is 5.92 Å². The number of nitriles is 1. The van der Waals surface area contributed by atoms with Gasteiger partial charge in [0.2, 0.25) is 5.88 Å². The minimum Gasteiger partial charge on any atom is -0.440 e. The van der Waals surface area contributed by atoms with Crippen LogP contribution in [0.5, 0.6) is 5.75 Å². The monoisotopic (exact) mass is 349 g/mol. The molecule has 4 rings (SSSR count). The number of benzene rings is 2. The van der Waals surface area contributed by atoms with Crippen LogP contribution in [0.2, 0.25) is 0 Å². The summed E-state index contributed by atoms with van der Waals surface area (Å²) in [7, 11) is 0. The molecular weight excluding hydrogens is 338 g/mol. The lowest BCUT2D eigenvalue weighted by Crippen LogP contribution is -2.21. The van der Waals surface area contributed by atoms with Crippen LogP contribution in [0.15, 0.2) is 59.3 Å². The van der Waals surface area contributed by atoms with E-state index in [1.165, 1.54) is 6.07 Å². The van der Waals surface area contributed by atoms with E-state index in [-0.39, 0.29) is 16.5 Å². The first-order valence-electron chi connectivity index (χ1n) is 7.42. The Bertz CT molecular complexity index is 1090. The minimum absolute atomic E-state index is 0.0275. The number of nitrogens with zero attached hydrogens (tertiary/aromatic N) is 2. The Morgan fingerprint density at radius 2 is 2.08 bits per heavy atom. The maximum atomic E-state index is 11.0. The van der Waals surface area contributed by atoms with Crippen LogP contribution in [0.25, 0.3) is 10.8 Å². The zero-order valence-corrected chi connectivity index (χ0v) is 13.6. The summed E-state index contributed by atoms with van der Waals surface area (Å²) in [4.78, 5) is 10.6. The highest BCUT2D eigenvalue weighted by atomic mass is 32.1. The van der Waals surface area contributed by atoms with Gasteiger partial charge in [0.1, 0.15) is 17.4 Å². The quantitative estimate of drug-likeness (QED) is 0.556. The van der Waals surface area contributed by atoms with Gasteiger partial charge < -0.3 is 10.5 Å². The molecule has 7 heteroatoms. The highest BCUT2D eigenvalue weighted by Gasteiger charge is 2.33. The predicted octanol–water partition coefficient (Wildman–Crippen LogP) is 4.03. The summed E-state index contributed by atoms with van der Waals surface area (Å²) < 4.78 is 5.76. The summed E-state index contributed by atoms with van der Waals surface area (Å²) in [5.74, 6) is 0.141. The summed E-state index contributed by atoms with van der Waals surface area (Å²) >= 11 is 1.03. The Morgan fingerprint density at radius 1 is 1.28 bits per heavy atom. The first-order chi connectivity index (χ1) is 12.1. The van der Waals surface area contributed by atoms with E-state index in [2.05, 4.69) is 6.07 Å². The molecule has 1 aliphatic rings. The Kier molecular flexibility index (Phi) is 3.41. The molecule has 0 fully saturated rings. The third-order valence-corrected chi connectivity index (χ3v) is 5.13. The van der Waals surface area contributed by atoms with Gasteiger partial charge in [-0.25, -0.2) is 0 Å². The van der Waals surface area contributed by atoms with Crippen LogP contribution in [0.4, 0.5) is 5.00 Å². The van der Waals surface area contributed by atoms with Crippen molar-refractivity contribution in [2.75, 3.05) is 0 Å². The highest BCUT2D eigenvalue weighted by molar-refractivity contribution is 7.13. The van der Waals surface area contributed by atoms with Gasteiger partial charge in [0, 0.05) is 22.4 Å². The summed E-state index contributed by atoms with van der Waals surface area (Å²) in [6, 6.07) is 15.1. The van der Waals surface area contributed by atoms with E-state index in [0.717, 1.165) is 27.7 Å². The van der Waals surface area contributed by atoms with Gasteiger partial charge in [-0.05, 0) is 10.9 Å². The van der Waals surface area contributed by atoms with Crippen molar-refractivity contribution in [3.05, 3.63) is 80.5 Å². The zero-order chi connectivity index (χ0) is 17.6. The molecule has 1 unspecified atom stereocenters. The van der Waals surface area contributed by atoms with E-state index < -0.39 is 10.8 Å². The molecule has 2 N–H and O–H groups in total. The van der Waals surface area contributed by atoms with E-state index in [4.69, 9.17) is 10.5 Å². The summed E-state index contributed by atoms with van der Waals surface area (Å²) in [5, 5.41) is 24.2.